The van der Waals surface area contributed by atoms with E-state index >= 15 is 0 Å². The van der Waals surface area contributed by atoms with Gasteiger partial charge in [-0.2, -0.15) is 0 Å². The fraction of sp³-hybridized carbons (Fsp3) is 0.562. The van der Waals surface area contributed by atoms with Crippen molar-refractivity contribution < 1.29 is 14.6 Å². The molecule has 0 heterocycles. The van der Waals surface area contributed by atoms with Gasteiger partial charge in [0, 0.05) is 13.2 Å². The Balaban J connectivity index is 2.50. The fourth-order valence-corrected chi connectivity index (χ4v) is 2.21. The first-order valence-corrected chi connectivity index (χ1v) is 7.14. The zero-order valence-electron chi connectivity index (χ0n) is 13.4. The summed E-state index contributed by atoms with van der Waals surface area (Å²) < 4.78 is 5.35. The monoisotopic (exact) mass is 294 g/mol. The zero-order chi connectivity index (χ0) is 16.0. The van der Waals surface area contributed by atoms with Crippen LogP contribution in [0.4, 0.5) is 4.79 Å². The number of phenols is 1. The summed E-state index contributed by atoms with van der Waals surface area (Å²) in [5.41, 5.74) is 0.582. The van der Waals surface area contributed by atoms with Gasteiger partial charge in [0.05, 0.1) is 11.6 Å². The van der Waals surface area contributed by atoms with Crippen LogP contribution in [0.1, 0.15) is 45.7 Å². The molecule has 21 heavy (non-hydrogen) atoms. The minimum Gasteiger partial charge on any atom is -0.508 e. The Hall–Kier alpha value is -1.75. The Kier molecular flexibility index (Phi) is 6.03. The lowest BCUT2D eigenvalue weighted by molar-refractivity contribution is 0.00949. The number of urea groups is 1. The number of benzene rings is 1. The molecule has 0 bridgehead atoms. The molecule has 0 aromatic heterocycles. The molecule has 0 saturated heterocycles. The molecule has 3 N–H and O–H groups in total. The van der Waals surface area contributed by atoms with Gasteiger partial charge in [0.2, 0.25) is 0 Å². The van der Waals surface area contributed by atoms with Crippen molar-refractivity contribution in [3.05, 3.63) is 29.8 Å². The molecule has 0 saturated carbocycles. The number of hydrogen-bond donors (Lipinski definition) is 3. The van der Waals surface area contributed by atoms with Crippen LogP contribution in [-0.2, 0) is 4.74 Å². The van der Waals surface area contributed by atoms with Gasteiger partial charge in [-0.05, 0) is 51.8 Å². The first kappa shape index (κ1) is 17.3. The van der Waals surface area contributed by atoms with Crippen molar-refractivity contribution in [3.63, 3.8) is 0 Å². The molecule has 0 aliphatic carbocycles. The third kappa shape index (κ3) is 6.04. The van der Waals surface area contributed by atoms with Crippen molar-refractivity contribution in [1.82, 2.24) is 10.6 Å². The number of amides is 2. The Morgan fingerprint density at radius 1 is 1.33 bits per heavy atom. The third-order valence-electron chi connectivity index (χ3n) is 3.45. The molecule has 2 amide bonds. The lowest BCUT2D eigenvalue weighted by Crippen LogP contribution is -2.44. The van der Waals surface area contributed by atoms with E-state index in [-0.39, 0.29) is 29.5 Å². The molecule has 0 aliphatic rings. The van der Waals surface area contributed by atoms with E-state index in [1.165, 1.54) is 0 Å². The number of nitrogens with one attached hydrogen (secondary N) is 2. The summed E-state index contributed by atoms with van der Waals surface area (Å²) in [6.45, 7) is 7.79. The van der Waals surface area contributed by atoms with Gasteiger partial charge in [0.25, 0.3) is 0 Å². The molecule has 5 heteroatoms. The van der Waals surface area contributed by atoms with Crippen LogP contribution in [0.15, 0.2) is 24.3 Å². The second-order valence-electron chi connectivity index (χ2n) is 6.00. The van der Waals surface area contributed by atoms with Crippen LogP contribution in [-0.4, -0.2) is 29.9 Å². The molecule has 0 radical (unpaired) electrons. The fourth-order valence-electron chi connectivity index (χ4n) is 2.21. The largest absolute Gasteiger partial charge is 0.508 e. The maximum absolute atomic E-state index is 12.0. The zero-order valence-corrected chi connectivity index (χ0v) is 13.4. The van der Waals surface area contributed by atoms with Crippen molar-refractivity contribution in [3.8, 4) is 5.75 Å². The number of aromatic hydroxyl groups is 1. The lowest BCUT2D eigenvalue weighted by atomic mass is 10.00. The second-order valence-corrected chi connectivity index (χ2v) is 6.00. The molecule has 1 rings (SSSR count). The first-order chi connectivity index (χ1) is 9.73. The van der Waals surface area contributed by atoms with Crippen molar-refractivity contribution in [2.24, 2.45) is 0 Å². The molecule has 1 aromatic rings. The maximum Gasteiger partial charge on any atom is 0.315 e. The normalized spacial score (nSPS) is 14.3. The van der Waals surface area contributed by atoms with Gasteiger partial charge < -0.3 is 20.5 Å². The minimum absolute atomic E-state index is 0.00340. The standard InChI is InChI=1S/C16H26N2O3/c1-11(10-16(3,4)21-5)17-15(20)18-12(2)13-7-6-8-14(19)9-13/h6-9,11-12,19H,10H2,1-5H3,(H2,17,18,20)/t11?,12-/m0/s1. The Bertz CT molecular complexity index is 474. The number of rotatable bonds is 6. The number of methoxy groups -OCH3 is 1. The van der Waals surface area contributed by atoms with Gasteiger partial charge in [0.15, 0.2) is 0 Å². The molecule has 2 atom stereocenters. The van der Waals surface area contributed by atoms with Crippen molar-refractivity contribution in [1.29, 1.82) is 0 Å². The van der Waals surface area contributed by atoms with E-state index in [1.807, 2.05) is 33.8 Å². The maximum atomic E-state index is 12.0. The topological polar surface area (TPSA) is 70.6 Å². The molecular formula is C16H26N2O3. The SMILES string of the molecule is COC(C)(C)CC(C)NC(=O)N[C@@H](C)c1cccc(O)c1. The van der Waals surface area contributed by atoms with Gasteiger partial charge in [0.1, 0.15) is 5.75 Å². The van der Waals surface area contributed by atoms with Gasteiger partial charge in [-0.25, -0.2) is 4.79 Å². The van der Waals surface area contributed by atoms with Crippen LogP contribution in [0, 0.1) is 0 Å². The summed E-state index contributed by atoms with van der Waals surface area (Å²) >= 11 is 0. The molecule has 0 aliphatic heterocycles. The van der Waals surface area contributed by atoms with E-state index in [0.29, 0.717) is 0 Å². The highest BCUT2D eigenvalue weighted by atomic mass is 16.5. The summed E-state index contributed by atoms with van der Waals surface area (Å²) in [6, 6.07) is 6.45. The van der Waals surface area contributed by atoms with Gasteiger partial charge >= 0.3 is 6.03 Å². The molecule has 0 spiro atoms. The summed E-state index contributed by atoms with van der Waals surface area (Å²) in [6.07, 6.45) is 0.720. The lowest BCUT2D eigenvalue weighted by Gasteiger charge is -2.27. The quantitative estimate of drug-likeness (QED) is 0.755. The first-order valence-electron chi connectivity index (χ1n) is 7.14. The van der Waals surface area contributed by atoms with Gasteiger partial charge in [-0.3, -0.25) is 0 Å². The number of ether oxygens (including phenoxy) is 1. The number of carbonyl (C=O) groups excluding carboxylic acids is 1. The third-order valence-corrected chi connectivity index (χ3v) is 3.45. The molecule has 0 fully saturated rings. The predicted octanol–water partition coefficient (Wildman–Crippen LogP) is 2.96. The second kappa shape index (κ2) is 7.31. The van der Waals surface area contributed by atoms with Crippen molar-refractivity contribution in [2.45, 2.75) is 51.8 Å². The summed E-state index contributed by atoms with van der Waals surface area (Å²) in [7, 11) is 1.66. The van der Waals surface area contributed by atoms with E-state index in [0.717, 1.165) is 12.0 Å². The summed E-state index contributed by atoms with van der Waals surface area (Å²) in [5, 5.41) is 15.2. The van der Waals surface area contributed by atoms with Crippen molar-refractivity contribution in [2.75, 3.05) is 7.11 Å². The molecule has 1 aromatic carbocycles. The van der Waals surface area contributed by atoms with Crippen LogP contribution >= 0.6 is 0 Å². The average Bonchev–Trinajstić information content (AvgIpc) is 2.37. The summed E-state index contributed by atoms with van der Waals surface area (Å²) in [5.74, 6) is 0.191. The van der Waals surface area contributed by atoms with E-state index < -0.39 is 0 Å². The van der Waals surface area contributed by atoms with Crippen LogP contribution in [0.25, 0.3) is 0 Å². The van der Waals surface area contributed by atoms with Gasteiger partial charge in [-0.15, -0.1) is 0 Å². The minimum atomic E-state index is -0.274. The van der Waals surface area contributed by atoms with Crippen LogP contribution in [0.5, 0.6) is 5.75 Å². The number of phenolic OH excluding ortho intramolecular Hbond substituents is 1. The smallest absolute Gasteiger partial charge is 0.315 e. The van der Waals surface area contributed by atoms with Crippen LogP contribution in [0.3, 0.4) is 0 Å². The van der Waals surface area contributed by atoms with E-state index in [9.17, 15) is 9.90 Å². The van der Waals surface area contributed by atoms with Crippen molar-refractivity contribution >= 4 is 6.03 Å². The number of carbonyl (C=O) groups is 1. The Morgan fingerprint density at radius 3 is 2.57 bits per heavy atom. The Morgan fingerprint density at radius 2 is 2.00 bits per heavy atom. The highest BCUT2D eigenvalue weighted by Gasteiger charge is 2.21. The Labute approximate surface area is 126 Å². The molecule has 1 unspecified atom stereocenters. The van der Waals surface area contributed by atoms with Gasteiger partial charge in [-0.1, -0.05) is 12.1 Å². The molecular weight excluding hydrogens is 268 g/mol. The van der Waals surface area contributed by atoms with E-state index in [2.05, 4.69) is 10.6 Å². The average molecular weight is 294 g/mol. The van der Waals surface area contributed by atoms with Crippen LogP contribution in [0.2, 0.25) is 0 Å². The molecule has 5 nitrogen and oxygen atoms in total. The van der Waals surface area contributed by atoms with E-state index in [4.69, 9.17) is 4.74 Å². The highest BCUT2D eigenvalue weighted by molar-refractivity contribution is 5.74. The highest BCUT2D eigenvalue weighted by Crippen LogP contribution is 2.18. The predicted molar refractivity (Wildman–Crippen MR) is 83.4 cm³/mol. The number of hydrogen-bond acceptors (Lipinski definition) is 3. The molecule has 118 valence electrons. The van der Waals surface area contributed by atoms with Crippen LogP contribution < -0.4 is 10.6 Å². The summed E-state index contributed by atoms with van der Waals surface area (Å²) in [4.78, 5) is 12.0. The van der Waals surface area contributed by atoms with E-state index in [1.54, 1.807) is 25.3 Å².